The number of aromatic amines is 1. The summed E-state index contributed by atoms with van der Waals surface area (Å²) < 4.78 is 65.0. The molecule has 4 rings (SSSR count). The van der Waals surface area contributed by atoms with Crippen molar-refractivity contribution in [2.75, 3.05) is 0 Å². The number of hydrogen-bond donors (Lipinski definition) is 1. The summed E-state index contributed by atoms with van der Waals surface area (Å²) in [5.41, 5.74) is -5.00. The summed E-state index contributed by atoms with van der Waals surface area (Å²) in [6.45, 7) is 0. The Kier molecular flexibility index (Phi) is 4.22. The molecule has 11 heteroatoms. The molecule has 28 heavy (non-hydrogen) atoms. The molecule has 2 aromatic rings. The zero-order chi connectivity index (χ0) is 20.3. The molecular formula is C17H13ClF4N2O4. The maximum Gasteiger partial charge on any atom is 0.431 e. The second-order valence-electron chi connectivity index (χ2n) is 6.68. The van der Waals surface area contributed by atoms with Crippen molar-refractivity contribution in [1.82, 2.24) is 9.55 Å². The predicted octanol–water partition coefficient (Wildman–Crippen LogP) is 3.77. The number of nitrogens with zero attached hydrogens (tertiary/aromatic N) is 1. The summed E-state index contributed by atoms with van der Waals surface area (Å²) in [5.74, 6) is -2.53. The summed E-state index contributed by atoms with van der Waals surface area (Å²) in [6, 6.07) is 0.999. The quantitative estimate of drug-likeness (QED) is 0.713. The minimum Gasteiger partial charge on any atom is -0.447 e. The van der Waals surface area contributed by atoms with Crippen LogP contribution in [-0.2, 0) is 6.18 Å². The van der Waals surface area contributed by atoms with Gasteiger partial charge in [-0.15, -0.1) is 0 Å². The van der Waals surface area contributed by atoms with Crippen LogP contribution in [0.1, 0.15) is 37.8 Å². The number of alkyl halides is 3. The topological polar surface area (TPSA) is 73.3 Å². The van der Waals surface area contributed by atoms with E-state index in [-0.39, 0.29) is 27.2 Å². The third-order valence-corrected chi connectivity index (χ3v) is 5.05. The lowest BCUT2D eigenvalue weighted by molar-refractivity contribution is -0.141. The van der Waals surface area contributed by atoms with Gasteiger partial charge in [-0.05, 0) is 18.9 Å². The summed E-state index contributed by atoms with van der Waals surface area (Å²) in [7, 11) is 0. The molecule has 1 aliphatic carbocycles. The van der Waals surface area contributed by atoms with E-state index in [1.807, 2.05) is 0 Å². The number of halogens is 5. The monoisotopic (exact) mass is 420 g/mol. The molecule has 1 N–H and O–H groups in total. The molecular weight excluding hydrogens is 408 g/mol. The minimum atomic E-state index is -4.94. The minimum absolute atomic E-state index is 0.0498. The first-order valence-corrected chi connectivity index (χ1v) is 8.83. The van der Waals surface area contributed by atoms with Crippen LogP contribution in [-0.4, -0.2) is 15.3 Å². The van der Waals surface area contributed by atoms with Crippen LogP contribution in [0, 0.1) is 5.82 Å². The number of nitrogens with one attached hydrogen (secondary N) is 1. The third kappa shape index (κ3) is 2.95. The first kappa shape index (κ1) is 18.9. The van der Waals surface area contributed by atoms with Gasteiger partial charge < -0.3 is 14.5 Å². The van der Waals surface area contributed by atoms with Gasteiger partial charge in [-0.2, -0.15) is 13.2 Å². The molecule has 0 amide bonds. The lowest BCUT2D eigenvalue weighted by Crippen LogP contribution is -2.41. The molecule has 150 valence electrons. The van der Waals surface area contributed by atoms with Crippen molar-refractivity contribution in [3.05, 3.63) is 49.5 Å². The van der Waals surface area contributed by atoms with E-state index in [1.54, 1.807) is 4.98 Å². The van der Waals surface area contributed by atoms with Crippen molar-refractivity contribution in [3.8, 4) is 17.2 Å². The average molecular weight is 421 g/mol. The SMILES string of the molecule is O=c1cc(C(F)(F)F)[nH]c(=O)n1-c1c(F)cc(Cl)c2c1OC1(CCCCC1)O2. The third-order valence-electron chi connectivity index (χ3n) is 4.77. The van der Waals surface area contributed by atoms with Crippen molar-refractivity contribution >= 4 is 11.6 Å². The van der Waals surface area contributed by atoms with Gasteiger partial charge in [-0.1, -0.05) is 18.0 Å². The van der Waals surface area contributed by atoms with E-state index < -0.39 is 40.4 Å². The first-order valence-electron chi connectivity index (χ1n) is 8.45. The molecule has 1 aromatic heterocycles. The molecule has 0 saturated heterocycles. The zero-order valence-corrected chi connectivity index (χ0v) is 14.9. The highest BCUT2D eigenvalue weighted by Crippen LogP contribution is 2.52. The van der Waals surface area contributed by atoms with E-state index in [9.17, 15) is 27.2 Å². The van der Waals surface area contributed by atoms with Gasteiger partial charge in [0.2, 0.25) is 0 Å². The predicted molar refractivity (Wildman–Crippen MR) is 89.7 cm³/mol. The molecule has 0 atom stereocenters. The van der Waals surface area contributed by atoms with Crippen LogP contribution in [0.4, 0.5) is 17.6 Å². The fraction of sp³-hybridized carbons (Fsp3) is 0.412. The van der Waals surface area contributed by atoms with Gasteiger partial charge in [0.15, 0.2) is 17.3 Å². The van der Waals surface area contributed by atoms with Crippen molar-refractivity contribution < 1.29 is 27.0 Å². The zero-order valence-electron chi connectivity index (χ0n) is 14.2. The summed E-state index contributed by atoms with van der Waals surface area (Å²) in [5, 5.41) is -0.130. The van der Waals surface area contributed by atoms with Gasteiger partial charge in [0.25, 0.3) is 11.3 Å². The van der Waals surface area contributed by atoms with E-state index in [0.717, 1.165) is 25.3 Å². The molecule has 2 aliphatic rings. The Bertz CT molecular complexity index is 1040. The van der Waals surface area contributed by atoms with Gasteiger partial charge in [-0.25, -0.2) is 13.8 Å². The Morgan fingerprint density at radius 2 is 1.71 bits per heavy atom. The molecule has 2 heterocycles. The fourth-order valence-electron chi connectivity index (χ4n) is 3.51. The van der Waals surface area contributed by atoms with E-state index in [0.29, 0.717) is 12.8 Å². The highest BCUT2D eigenvalue weighted by molar-refractivity contribution is 6.32. The Hall–Kier alpha value is -2.49. The summed E-state index contributed by atoms with van der Waals surface area (Å²) in [4.78, 5) is 26.0. The maximum atomic E-state index is 14.7. The number of fused-ring (bicyclic) bond motifs is 1. The summed E-state index contributed by atoms with van der Waals surface area (Å²) >= 11 is 6.03. The van der Waals surface area contributed by atoms with E-state index >= 15 is 0 Å². The molecule has 1 fully saturated rings. The van der Waals surface area contributed by atoms with Crippen LogP contribution in [0.5, 0.6) is 11.5 Å². The number of aromatic nitrogens is 2. The van der Waals surface area contributed by atoms with Crippen molar-refractivity contribution in [2.45, 2.75) is 44.1 Å². The first-order chi connectivity index (χ1) is 13.1. The Balaban J connectivity index is 1.91. The van der Waals surface area contributed by atoms with Gasteiger partial charge >= 0.3 is 11.9 Å². The molecule has 1 aliphatic heterocycles. The smallest absolute Gasteiger partial charge is 0.431 e. The molecule has 1 spiro atoms. The molecule has 6 nitrogen and oxygen atoms in total. The number of hydrogen-bond acceptors (Lipinski definition) is 4. The molecule has 0 bridgehead atoms. The van der Waals surface area contributed by atoms with E-state index in [4.69, 9.17) is 21.1 Å². The van der Waals surface area contributed by atoms with E-state index in [1.165, 1.54) is 0 Å². The molecule has 0 unspecified atom stereocenters. The van der Waals surface area contributed by atoms with Gasteiger partial charge in [-0.3, -0.25) is 4.79 Å². The molecule has 1 aromatic carbocycles. The fourth-order valence-corrected chi connectivity index (χ4v) is 3.74. The largest absolute Gasteiger partial charge is 0.447 e. The van der Waals surface area contributed by atoms with Crippen LogP contribution >= 0.6 is 11.6 Å². The average Bonchev–Trinajstić information content (AvgIpc) is 2.96. The van der Waals surface area contributed by atoms with Crippen molar-refractivity contribution in [2.24, 2.45) is 0 Å². The van der Waals surface area contributed by atoms with Crippen molar-refractivity contribution in [3.63, 3.8) is 0 Å². The highest BCUT2D eigenvalue weighted by atomic mass is 35.5. The standard InChI is InChI=1S/C17H13ClF4N2O4/c18-8-6-9(19)12(14-13(8)27-16(28-14)4-2-1-3-5-16)24-11(25)7-10(17(20,21)22)23-15(24)26/h6-7H,1-5H2,(H,23,26). The second-order valence-corrected chi connectivity index (χ2v) is 7.09. The van der Waals surface area contributed by atoms with Crippen LogP contribution in [0.25, 0.3) is 5.69 Å². The van der Waals surface area contributed by atoms with Gasteiger partial charge in [0, 0.05) is 18.9 Å². The number of rotatable bonds is 1. The number of H-pyrrole nitrogens is 1. The maximum absolute atomic E-state index is 14.7. The van der Waals surface area contributed by atoms with Gasteiger partial charge in [0.05, 0.1) is 5.02 Å². The Morgan fingerprint density at radius 1 is 1.07 bits per heavy atom. The highest BCUT2D eigenvalue weighted by Gasteiger charge is 2.46. The molecule has 0 radical (unpaired) electrons. The van der Waals surface area contributed by atoms with Crippen LogP contribution in [0.2, 0.25) is 5.02 Å². The number of benzene rings is 1. The molecule has 1 saturated carbocycles. The van der Waals surface area contributed by atoms with Crippen molar-refractivity contribution in [1.29, 1.82) is 0 Å². The van der Waals surface area contributed by atoms with Crippen LogP contribution < -0.4 is 20.7 Å². The normalized spacial score (nSPS) is 17.9. The van der Waals surface area contributed by atoms with E-state index in [2.05, 4.69) is 0 Å². The Labute approximate surface area is 159 Å². The Morgan fingerprint density at radius 3 is 2.32 bits per heavy atom. The van der Waals surface area contributed by atoms with Crippen LogP contribution in [0.15, 0.2) is 21.7 Å². The number of ether oxygens (including phenoxy) is 2. The van der Waals surface area contributed by atoms with Crippen LogP contribution in [0.3, 0.4) is 0 Å². The lowest BCUT2D eigenvalue weighted by atomic mass is 9.94. The van der Waals surface area contributed by atoms with Gasteiger partial charge in [0.1, 0.15) is 11.4 Å². The second kappa shape index (κ2) is 6.26. The summed E-state index contributed by atoms with van der Waals surface area (Å²) in [6.07, 6.45) is -1.45. The lowest BCUT2D eigenvalue weighted by Gasteiger charge is -2.31.